The Morgan fingerprint density at radius 3 is 2.50 bits per heavy atom. The highest BCUT2D eigenvalue weighted by molar-refractivity contribution is 7.07. The number of fused-ring (bicyclic) bond motifs is 1. The fraction of sp³-hybridized carbons (Fsp3) is 0.296. The number of methoxy groups -OCH3 is 2. The van der Waals surface area contributed by atoms with E-state index in [0.717, 1.165) is 11.3 Å². The normalized spacial score (nSPS) is 15.4. The fourth-order valence-corrected chi connectivity index (χ4v) is 5.13. The quantitative estimate of drug-likeness (QED) is 0.344. The Morgan fingerprint density at radius 1 is 1.11 bits per heavy atom. The number of ether oxygens (including phenoxy) is 3. The predicted octanol–water partition coefficient (Wildman–Crippen LogP) is 2.50. The van der Waals surface area contributed by atoms with Gasteiger partial charge in [-0.25, -0.2) is 9.79 Å². The van der Waals surface area contributed by atoms with Crippen molar-refractivity contribution >= 4 is 29.1 Å². The van der Waals surface area contributed by atoms with E-state index in [-0.39, 0.29) is 18.8 Å². The van der Waals surface area contributed by atoms with Gasteiger partial charge in [-0.2, -0.15) is 0 Å². The number of esters is 1. The lowest BCUT2D eigenvalue weighted by Gasteiger charge is -2.26. The average molecular weight is 508 g/mol. The zero-order chi connectivity index (χ0) is 25.8. The third-order valence-electron chi connectivity index (χ3n) is 5.90. The number of nitrogens with zero attached hydrogens (tertiary/aromatic N) is 3. The summed E-state index contributed by atoms with van der Waals surface area (Å²) in [6.07, 6.45) is 1.85. The maximum Gasteiger partial charge on any atom is 0.338 e. The van der Waals surface area contributed by atoms with Crippen LogP contribution in [0.2, 0.25) is 0 Å². The Hall–Kier alpha value is -3.69. The van der Waals surface area contributed by atoms with E-state index in [1.54, 1.807) is 24.7 Å². The van der Waals surface area contributed by atoms with Crippen LogP contribution in [0, 0.1) is 0 Å². The first-order valence-electron chi connectivity index (χ1n) is 11.4. The van der Waals surface area contributed by atoms with Gasteiger partial charge in [0.25, 0.3) is 5.56 Å². The average Bonchev–Trinajstić information content (AvgIpc) is 3.17. The van der Waals surface area contributed by atoms with Crippen LogP contribution < -0.4 is 24.5 Å². The van der Waals surface area contributed by atoms with Crippen LogP contribution in [0.15, 0.2) is 69.6 Å². The van der Waals surface area contributed by atoms with Gasteiger partial charge in [0.15, 0.2) is 4.80 Å². The molecule has 1 aliphatic rings. The molecule has 36 heavy (non-hydrogen) atoms. The summed E-state index contributed by atoms with van der Waals surface area (Å²) in [6, 6.07) is 14.5. The number of carbonyl (C=O) groups excluding carboxylic acids is 1. The third-order valence-corrected chi connectivity index (χ3v) is 6.89. The second kappa shape index (κ2) is 10.9. The predicted molar refractivity (Wildman–Crippen MR) is 140 cm³/mol. The molecule has 0 amide bonds. The Kier molecular flexibility index (Phi) is 7.71. The molecule has 0 saturated carbocycles. The summed E-state index contributed by atoms with van der Waals surface area (Å²) < 4.78 is 18.2. The minimum Gasteiger partial charge on any atom is -0.496 e. The van der Waals surface area contributed by atoms with Gasteiger partial charge < -0.3 is 19.1 Å². The van der Waals surface area contributed by atoms with E-state index in [2.05, 4.69) is 4.99 Å². The summed E-state index contributed by atoms with van der Waals surface area (Å²) in [5.74, 6) is 0.0194. The highest BCUT2D eigenvalue weighted by Crippen LogP contribution is 2.35. The highest BCUT2D eigenvalue weighted by Gasteiger charge is 2.35. The molecular formula is C27H29N3O5S. The second-order valence-electron chi connectivity index (χ2n) is 8.44. The van der Waals surface area contributed by atoms with Crippen LogP contribution in [-0.4, -0.2) is 52.1 Å². The van der Waals surface area contributed by atoms with E-state index in [0.29, 0.717) is 31.9 Å². The summed E-state index contributed by atoms with van der Waals surface area (Å²) in [5, 5.41) is 0. The number of hydrogen-bond donors (Lipinski definition) is 0. The fourth-order valence-electron chi connectivity index (χ4n) is 4.08. The second-order valence-corrected chi connectivity index (χ2v) is 9.45. The van der Waals surface area contributed by atoms with Crippen LogP contribution in [0.3, 0.4) is 0 Å². The maximum absolute atomic E-state index is 13.8. The van der Waals surface area contributed by atoms with Gasteiger partial charge in [0.05, 0.1) is 29.5 Å². The zero-order valence-electron chi connectivity index (χ0n) is 21.0. The van der Waals surface area contributed by atoms with Crippen molar-refractivity contribution < 1.29 is 19.0 Å². The first-order valence-corrected chi connectivity index (χ1v) is 12.3. The highest BCUT2D eigenvalue weighted by atomic mass is 32.1. The van der Waals surface area contributed by atoms with Gasteiger partial charge in [-0.05, 0) is 36.8 Å². The molecule has 0 N–H and O–H groups in total. The molecular weight excluding hydrogens is 478 g/mol. The number of hydrogen-bond acceptors (Lipinski definition) is 8. The first-order chi connectivity index (χ1) is 17.3. The molecule has 8 nitrogen and oxygen atoms in total. The largest absolute Gasteiger partial charge is 0.496 e. The summed E-state index contributed by atoms with van der Waals surface area (Å²) >= 11 is 1.29. The third kappa shape index (κ3) is 4.98. The minimum atomic E-state index is -0.745. The zero-order valence-corrected chi connectivity index (χ0v) is 21.8. The Morgan fingerprint density at radius 2 is 1.83 bits per heavy atom. The summed E-state index contributed by atoms with van der Waals surface area (Å²) in [7, 11) is 7.05. The molecule has 1 unspecified atom stereocenters. The van der Waals surface area contributed by atoms with Crippen LogP contribution in [0.4, 0.5) is 5.69 Å². The number of rotatable bonds is 8. The molecule has 2 heterocycles. The van der Waals surface area contributed by atoms with Gasteiger partial charge in [-0.15, -0.1) is 0 Å². The van der Waals surface area contributed by atoms with Gasteiger partial charge in [-0.3, -0.25) is 9.36 Å². The minimum absolute atomic E-state index is 0.0954. The number of benzene rings is 2. The van der Waals surface area contributed by atoms with Crippen molar-refractivity contribution in [3.05, 3.63) is 90.6 Å². The molecule has 0 fully saturated rings. The molecule has 1 aromatic heterocycles. The number of anilines is 1. The molecule has 1 aliphatic heterocycles. The lowest BCUT2D eigenvalue weighted by atomic mass is 9.95. The molecule has 0 aliphatic carbocycles. The summed E-state index contributed by atoms with van der Waals surface area (Å²) in [5.41, 5.74) is 3.20. The number of allylic oxidation sites excluding steroid dienone is 1. The lowest BCUT2D eigenvalue weighted by molar-refractivity contribution is -0.140. The van der Waals surface area contributed by atoms with Gasteiger partial charge in [-0.1, -0.05) is 41.7 Å². The lowest BCUT2D eigenvalue weighted by Crippen LogP contribution is -2.40. The molecule has 0 spiro atoms. The Bertz CT molecular complexity index is 1470. The van der Waals surface area contributed by atoms with Crippen molar-refractivity contribution in [2.75, 3.05) is 46.4 Å². The van der Waals surface area contributed by atoms with Crippen LogP contribution >= 0.6 is 11.3 Å². The van der Waals surface area contributed by atoms with Gasteiger partial charge >= 0.3 is 5.97 Å². The van der Waals surface area contributed by atoms with E-state index < -0.39 is 12.0 Å². The molecule has 1 atom stereocenters. The molecule has 2 aromatic carbocycles. The van der Waals surface area contributed by atoms with Crippen LogP contribution in [0.5, 0.6) is 5.75 Å². The van der Waals surface area contributed by atoms with Gasteiger partial charge in [0, 0.05) is 32.5 Å². The van der Waals surface area contributed by atoms with Crippen molar-refractivity contribution in [2.24, 2.45) is 4.99 Å². The maximum atomic E-state index is 13.8. The van der Waals surface area contributed by atoms with Crippen molar-refractivity contribution in [1.29, 1.82) is 0 Å². The number of thiazole rings is 1. The first kappa shape index (κ1) is 25.4. The molecule has 0 radical (unpaired) electrons. The summed E-state index contributed by atoms with van der Waals surface area (Å²) in [6.45, 7) is 2.12. The molecule has 4 rings (SSSR count). The van der Waals surface area contributed by atoms with Crippen LogP contribution in [0.25, 0.3) is 6.08 Å². The monoisotopic (exact) mass is 507 g/mol. The Balaban J connectivity index is 1.88. The van der Waals surface area contributed by atoms with E-state index in [1.165, 1.54) is 18.4 Å². The number of aromatic nitrogens is 1. The van der Waals surface area contributed by atoms with Gasteiger partial charge in [0.1, 0.15) is 18.4 Å². The number of carbonyl (C=O) groups is 1. The van der Waals surface area contributed by atoms with Crippen molar-refractivity contribution in [1.82, 2.24) is 4.57 Å². The van der Waals surface area contributed by atoms with Crippen LogP contribution in [-0.2, 0) is 14.3 Å². The Labute approximate surface area is 213 Å². The molecule has 0 saturated heterocycles. The summed E-state index contributed by atoms with van der Waals surface area (Å²) in [4.78, 5) is 34.1. The topological polar surface area (TPSA) is 82.4 Å². The smallest absolute Gasteiger partial charge is 0.338 e. The van der Waals surface area contributed by atoms with E-state index in [9.17, 15) is 9.59 Å². The molecule has 188 valence electrons. The molecule has 3 aromatic rings. The molecule has 9 heteroatoms. The van der Waals surface area contributed by atoms with Crippen molar-refractivity contribution in [3.8, 4) is 5.75 Å². The number of para-hydroxylation sites is 1. The van der Waals surface area contributed by atoms with Crippen LogP contribution in [0.1, 0.15) is 24.1 Å². The standard InChI is InChI=1S/C27H29N3O5S/c1-17-23(26(32)35-15-14-33-4)24(20-8-6-7-9-21(20)34-5)30-25(31)22(36-27(30)28-17)16-18-10-12-19(13-11-18)29(2)3/h6-13,16,24H,14-15H2,1-5H3. The van der Waals surface area contributed by atoms with E-state index in [4.69, 9.17) is 14.2 Å². The molecule has 0 bridgehead atoms. The SMILES string of the molecule is COCCOC(=O)C1=C(C)N=c2sc(=Cc3ccc(N(C)C)cc3)c(=O)n2C1c1ccccc1OC. The van der Waals surface area contributed by atoms with Gasteiger partial charge in [0.2, 0.25) is 0 Å². The van der Waals surface area contributed by atoms with E-state index >= 15 is 0 Å². The van der Waals surface area contributed by atoms with Crippen molar-refractivity contribution in [2.45, 2.75) is 13.0 Å². The van der Waals surface area contributed by atoms with Crippen molar-refractivity contribution in [3.63, 3.8) is 0 Å². The van der Waals surface area contributed by atoms with E-state index in [1.807, 2.05) is 67.5 Å².